The van der Waals surface area contributed by atoms with Crippen molar-refractivity contribution >= 4 is 5.97 Å². The molecule has 0 aliphatic heterocycles. The third-order valence-corrected chi connectivity index (χ3v) is 1.94. The van der Waals surface area contributed by atoms with E-state index in [4.69, 9.17) is 5.11 Å². The lowest BCUT2D eigenvalue weighted by Gasteiger charge is -2.17. The van der Waals surface area contributed by atoms with Gasteiger partial charge in [0.25, 0.3) is 0 Å². The minimum absolute atomic E-state index is 0.161. The van der Waals surface area contributed by atoms with E-state index in [2.05, 4.69) is 4.98 Å². The second kappa shape index (κ2) is 4.46. The molecule has 0 amide bonds. The maximum absolute atomic E-state index is 12.6. The van der Waals surface area contributed by atoms with Gasteiger partial charge in [0.05, 0.1) is 23.2 Å². The molecule has 1 aromatic heterocycles. The van der Waals surface area contributed by atoms with Gasteiger partial charge in [-0.3, -0.25) is 9.78 Å². The highest BCUT2D eigenvalue weighted by Crippen LogP contribution is 2.41. The zero-order chi connectivity index (χ0) is 14.1. The van der Waals surface area contributed by atoms with Crippen LogP contribution in [0, 0.1) is 0 Å². The number of aliphatic carboxylic acids is 1. The number of hydrogen-bond donors (Lipinski definition) is 1. The first-order valence-electron chi connectivity index (χ1n) is 4.37. The first-order valence-corrected chi connectivity index (χ1v) is 4.37. The van der Waals surface area contributed by atoms with Crippen LogP contribution in [-0.2, 0) is 23.6 Å². The molecule has 9 heteroatoms. The summed E-state index contributed by atoms with van der Waals surface area (Å²) in [4.78, 5) is 13.4. The van der Waals surface area contributed by atoms with E-state index < -0.39 is 41.6 Å². The molecule has 0 radical (unpaired) electrons. The van der Waals surface area contributed by atoms with Crippen molar-refractivity contribution in [2.24, 2.45) is 0 Å². The number of carboxylic acid groups (broad SMARTS) is 1. The summed E-state index contributed by atoms with van der Waals surface area (Å²) in [5.74, 6) is -1.70. The number of carboxylic acids is 1. The number of nitrogens with zero attached hydrogens (tertiary/aromatic N) is 1. The van der Waals surface area contributed by atoms with Crippen molar-refractivity contribution in [2.75, 3.05) is 0 Å². The summed E-state index contributed by atoms with van der Waals surface area (Å²) in [5.41, 5.74) is -5.16. The number of pyridine rings is 1. The van der Waals surface area contributed by atoms with E-state index in [1.165, 1.54) is 0 Å². The van der Waals surface area contributed by atoms with E-state index in [1.807, 2.05) is 0 Å². The summed E-state index contributed by atoms with van der Waals surface area (Å²) >= 11 is 0. The third-order valence-electron chi connectivity index (χ3n) is 1.94. The topological polar surface area (TPSA) is 50.2 Å². The predicted molar refractivity (Wildman–Crippen MR) is 45.6 cm³/mol. The van der Waals surface area contributed by atoms with Gasteiger partial charge in [-0.15, -0.1) is 0 Å². The zero-order valence-electron chi connectivity index (χ0n) is 8.43. The van der Waals surface area contributed by atoms with Crippen molar-refractivity contribution in [1.29, 1.82) is 0 Å². The van der Waals surface area contributed by atoms with Gasteiger partial charge in [-0.1, -0.05) is 0 Å². The molecular formula is C9H5F6NO2. The lowest BCUT2D eigenvalue weighted by molar-refractivity contribution is -0.163. The molecule has 0 aliphatic rings. The van der Waals surface area contributed by atoms with E-state index in [0.717, 1.165) is 0 Å². The van der Waals surface area contributed by atoms with Gasteiger partial charge < -0.3 is 5.11 Å². The van der Waals surface area contributed by atoms with Gasteiger partial charge in [0.1, 0.15) is 0 Å². The number of carbonyl (C=O) groups is 1. The molecule has 1 N–H and O–H groups in total. The van der Waals surface area contributed by atoms with Crippen LogP contribution in [0.15, 0.2) is 12.3 Å². The Morgan fingerprint density at radius 2 is 1.72 bits per heavy atom. The standard InChI is InChI=1S/C9H5F6NO2/c10-8(11,12)4-1-2-16-5(3-6(17)18)7(4)9(13,14)15/h1-2H,3H2,(H,17,18). The minimum atomic E-state index is -5.33. The van der Waals surface area contributed by atoms with Crippen LogP contribution in [0.2, 0.25) is 0 Å². The molecule has 0 fully saturated rings. The molecule has 0 aliphatic carbocycles. The molecule has 1 rings (SSSR count). The Morgan fingerprint density at radius 1 is 1.17 bits per heavy atom. The maximum Gasteiger partial charge on any atom is 0.418 e. The van der Waals surface area contributed by atoms with Gasteiger partial charge in [-0.25, -0.2) is 0 Å². The van der Waals surface area contributed by atoms with Crippen molar-refractivity contribution in [1.82, 2.24) is 4.98 Å². The summed E-state index contributed by atoms with van der Waals surface area (Å²) in [5, 5.41) is 8.36. The van der Waals surface area contributed by atoms with Crippen molar-refractivity contribution < 1.29 is 36.2 Å². The van der Waals surface area contributed by atoms with E-state index >= 15 is 0 Å². The fourth-order valence-electron chi connectivity index (χ4n) is 1.33. The molecule has 0 saturated heterocycles. The van der Waals surface area contributed by atoms with Gasteiger partial charge >= 0.3 is 18.3 Å². The number of hydrogen-bond acceptors (Lipinski definition) is 2. The van der Waals surface area contributed by atoms with E-state index in [1.54, 1.807) is 0 Å². The number of aromatic nitrogens is 1. The molecule has 0 aromatic carbocycles. The second-order valence-electron chi connectivity index (χ2n) is 3.25. The lowest BCUT2D eigenvalue weighted by atomic mass is 10.0. The highest BCUT2D eigenvalue weighted by atomic mass is 19.4. The molecule has 1 aromatic rings. The Hall–Kier alpha value is -1.80. The van der Waals surface area contributed by atoms with Crippen molar-refractivity contribution in [2.45, 2.75) is 18.8 Å². The fraction of sp³-hybridized carbons (Fsp3) is 0.333. The van der Waals surface area contributed by atoms with Crippen molar-refractivity contribution in [3.8, 4) is 0 Å². The first kappa shape index (κ1) is 14.3. The normalized spacial score (nSPS) is 12.6. The number of alkyl halides is 6. The molecule has 3 nitrogen and oxygen atoms in total. The Labute approximate surface area is 96.1 Å². The first-order chi connectivity index (χ1) is 8.03. The molecule has 18 heavy (non-hydrogen) atoms. The summed E-state index contributed by atoms with van der Waals surface area (Å²) in [7, 11) is 0. The van der Waals surface area contributed by atoms with Crippen LogP contribution in [0.1, 0.15) is 16.8 Å². The summed E-state index contributed by atoms with van der Waals surface area (Å²) in [6, 6.07) is 0.161. The summed E-state index contributed by atoms with van der Waals surface area (Å²) in [6.45, 7) is 0. The van der Waals surface area contributed by atoms with Gasteiger partial charge in [-0.2, -0.15) is 26.3 Å². The molecular weight excluding hydrogens is 268 g/mol. The molecule has 100 valence electrons. The van der Waals surface area contributed by atoms with E-state index in [0.29, 0.717) is 6.20 Å². The van der Waals surface area contributed by atoms with Crippen molar-refractivity contribution in [3.05, 3.63) is 29.1 Å². The van der Waals surface area contributed by atoms with Crippen LogP contribution in [0.25, 0.3) is 0 Å². The van der Waals surface area contributed by atoms with Crippen LogP contribution >= 0.6 is 0 Å². The van der Waals surface area contributed by atoms with Crippen LogP contribution < -0.4 is 0 Å². The summed E-state index contributed by atoms with van der Waals surface area (Å²) in [6.07, 6.45) is -11.3. The van der Waals surface area contributed by atoms with Crippen molar-refractivity contribution in [3.63, 3.8) is 0 Å². The Balaban J connectivity index is 3.50. The smallest absolute Gasteiger partial charge is 0.418 e. The molecule has 0 atom stereocenters. The SMILES string of the molecule is O=C(O)Cc1nccc(C(F)(F)F)c1C(F)(F)F. The van der Waals surface area contributed by atoms with E-state index in [9.17, 15) is 31.1 Å². The quantitative estimate of drug-likeness (QED) is 0.843. The third kappa shape index (κ3) is 3.11. The Morgan fingerprint density at radius 3 is 2.11 bits per heavy atom. The van der Waals surface area contributed by atoms with Crippen LogP contribution in [0.3, 0.4) is 0 Å². The summed E-state index contributed by atoms with van der Waals surface area (Å²) < 4.78 is 74.9. The molecule has 0 spiro atoms. The van der Waals surface area contributed by atoms with Crippen LogP contribution in [0.4, 0.5) is 26.3 Å². The monoisotopic (exact) mass is 273 g/mol. The second-order valence-corrected chi connectivity index (χ2v) is 3.25. The molecule has 1 heterocycles. The average molecular weight is 273 g/mol. The fourth-order valence-corrected chi connectivity index (χ4v) is 1.33. The van der Waals surface area contributed by atoms with Gasteiger partial charge in [-0.05, 0) is 6.07 Å². The Kier molecular flexibility index (Phi) is 3.54. The average Bonchev–Trinajstić information content (AvgIpc) is 2.13. The van der Waals surface area contributed by atoms with Gasteiger partial charge in [0.15, 0.2) is 0 Å². The number of rotatable bonds is 2. The number of halogens is 6. The van der Waals surface area contributed by atoms with Crippen LogP contribution in [0.5, 0.6) is 0 Å². The van der Waals surface area contributed by atoms with E-state index in [-0.39, 0.29) is 6.07 Å². The molecule has 0 saturated carbocycles. The minimum Gasteiger partial charge on any atom is -0.481 e. The maximum atomic E-state index is 12.6. The van der Waals surface area contributed by atoms with Gasteiger partial charge in [0.2, 0.25) is 0 Å². The molecule has 0 bridgehead atoms. The van der Waals surface area contributed by atoms with Crippen LogP contribution in [-0.4, -0.2) is 16.1 Å². The molecule has 0 unspecified atom stereocenters. The highest BCUT2D eigenvalue weighted by Gasteiger charge is 2.45. The van der Waals surface area contributed by atoms with Gasteiger partial charge in [0, 0.05) is 6.20 Å². The predicted octanol–water partition coefficient (Wildman–Crippen LogP) is 2.75. The Bertz CT molecular complexity index is 465. The lowest BCUT2D eigenvalue weighted by Crippen LogP contribution is -2.21. The highest BCUT2D eigenvalue weighted by molar-refractivity contribution is 5.70. The zero-order valence-corrected chi connectivity index (χ0v) is 8.43. The largest absolute Gasteiger partial charge is 0.481 e.